The van der Waals surface area contributed by atoms with Gasteiger partial charge in [-0.15, -0.1) is 0 Å². The molecule has 17 heavy (non-hydrogen) atoms. The van der Waals surface area contributed by atoms with E-state index >= 15 is 0 Å². The first-order valence-electron chi connectivity index (χ1n) is 5.15. The van der Waals surface area contributed by atoms with E-state index in [-0.39, 0.29) is 23.7 Å². The summed E-state index contributed by atoms with van der Waals surface area (Å²) in [6.45, 7) is 3.08. The molecule has 0 radical (unpaired) electrons. The van der Waals surface area contributed by atoms with Crippen LogP contribution in [0.4, 0.5) is 11.4 Å². The molecular weight excluding hydrogens is 226 g/mol. The summed E-state index contributed by atoms with van der Waals surface area (Å²) in [5, 5.41) is 10.9. The summed E-state index contributed by atoms with van der Waals surface area (Å²) in [4.78, 5) is 10.4. The zero-order chi connectivity index (χ0) is 12.7. The maximum atomic E-state index is 10.9. The van der Waals surface area contributed by atoms with Crippen LogP contribution in [0.15, 0.2) is 18.2 Å². The number of hydrazine groups is 1. The first kappa shape index (κ1) is 13.2. The van der Waals surface area contributed by atoms with Crippen LogP contribution in [0.1, 0.15) is 6.92 Å². The van der Waals surface area contributed by atoms with Crippen LogP contribution >= 0.6 is 0 Å². The van der Waals surface area contributed by atoms with Crippen molar-refractivity contribution in [2.75, 3.05) is 25.2 Å². The molecule has 0 fully saturated rings. The molecule has 1 aromatic rings. The number of benzene rings is 1. The number of nitrogens with one attached hydrogen (secondary N) is 1. The van der Waals surface area contributed by atoms with Gasteiger partial charge in [0.25, 0.3) is 0 Å². The van der Waals surface area contributed by atoms with Gasteiger partial charge in [0.2, 0.25) is 0 Å². The number of anilines is 1. The Morgan fingerprint density at radius 1 is 1.47 bits per heavy atom. The van der Waals surface area contributed by atoms with E-state index in [2.05, 4.69) is 5.43 Å². The van der Waals surface area contributed by atoms with E-state index < -0.39 is 4.92 Å². The Kier molecular flexibility index (Phi) is 5.18. The van der Waals surface area contributed by atoms with Gasteiger partial charge in [0.1, 0.15) is 12.3 Å². The minimum absolute atomic E-state index is 0.171. The monoisotopic (exact) mass is 241 g/mol. The van der Waals surface area contributed by atoms with Crippen LogP contribution in [-0.2, 0) is 4.74 Å². The van der Waals surface area contributed by atoms with Crippen molar-refractivity contribution in [2.24, 2.45) is 5.84 Å². The number of rotatable bonds is 7. The normalized spacial score (nSPS) is 10.0. The number of nitro groups is 1. The van der Waals surface area contributed by atoms with Crippen LogP contribution in [0, 0.1) is 10.1 Å². The summed E-state index contributed by atoms with van der Waals surface area (Å²) in [5.41, 5.74) is 2.30. The quantitative estimate of drug-likeness (QED) is 0.323. The van der Waals surface area contributed by atoms with Gasteiger partial charge < -0.3 is 14.9 Å². The van der Waals surface area contributed by atoms with E-state index in [1.165, 1.54) is 12.1 Å². The Morgan fingerprint density at radius 3 is 2.82 bits per heavy atom. The molecule has 7 heteroatoms. The Bertz CT molecular complexity index is 384. The molecular formula is C10H15N3O4. The molecule has 94 valence electrons. The topological polar surface area (TPSA) is 99.7 Å². The molecule has 1 aromatic carbocycles. The molecule has 0 bridgehead atoms. The molecule has 0 saturated heterocycles. The van der Waals surface area contributed by atoms with Gasteiger partial charge in [-0.25, -0.2) is 0 Å². The Labute approximate surface area is 98.6 Å². The van der Waals surface area contributed by atoms with E-state index in [0.717, 1.165) is 0 Å². The predicted molar refractivity (Wildman–Crippen MR) is 62.9 cm³/mol. The molecule has 0 aliphatic heterocycles. The number of para-hydroxylation sites is 1. The van der Waals surface area contributed by atoms with Crippen molar-refractivity contribution < 1.29 is 14.4 Å². The number of hydrogen-bond acceptors (Lipinski definition) is 6. The Morgan fingerprint density at radius 2 is 2.24 bits per heavy atom. The van der Waals surface area contributed by atoms with E-state index in [1.807, 2.05) is 6.92 Å². The van der Waals surface area contributed by atoms with Crippen LogP contribution in [0.5, 0.6) is 5.75 Å². The first-order valence-corrected chi connectivity index (χ1v) is 5.15. The van der Waals surface area contributed by atoms with Crippen molar-refractivity contribution in [3.05, 3.63) is 28.3 Å². The maximum Gasteiger partial charge on any atom is 0.335 e. The minimum Gasteiger partial charge on any atom is -0.484 e. The smallest absolute Gasteiger partial charge is 0.335 e. The van der Waals surface area contributed by atoms with Gasteiger partial charge >= 0.3 is 5.69 Å². The molecule has 3 N–H and O–H groups in total. The van der Waals surface area contributed by atoms with Crippen LogP contribution in [0.2, 0.25) is 0 Å². The van der Waals surface area contributed by atoms with Crippen LogP contribution in [-0.4, -0.2) is 24.7 Å². The summed E-state index contributed by atoms with van der Waals surface area (Å²) < 4.78 is 10.4. The third-order valence-corrected chi connectivity index (χ3v) is 2.03. The van der Waals surface area contributed by atoms with Gasteiger partial charge in [-0.1, -0.05) is 6.07 Å². The van der Waals surface area contributed by atoms with Gasteiger partial charge in [0, 0.05) is 6.61 Å². The molecule has 0 saturated carbocycles. The molecule has 0 unspecified atom stereocenters. The molecule has 7 nitrogen and oxygen atoms in total. The predicted octanol–water partition coefficient (Wildman–Crippen LogP) is 1.30. The Balaban J connectivity index is 2.79. The number of nitro benzene ring substituents is 1. The lowest BCUT2D eigenvalue weighted by molar-refractivity contribution is -0.385. The highest BCUT2D eigenvalue weighted by molar-refractivity contribution is 5.67. The highest BCUT2D eigenvalue weighted by atomic mass is 16.6. The van der Waals surface area contributed by atoms with E-state index in [0.29, 0.717) is 13.2 Å². The summed E-state index contributed by atoms with van der Waals surface area (Å²) in [6.07, 6.45) is 0. The minimum atomic E-state index is -0.537. The lowest BCUT2D eigenvalue weighted by Gasteiger charge is -2.09. The molecule has 1 rings (SSSR count). The molecule has 0 aromatic heterocycles. The van der Waals surface area contributed by atoms with E-state index in [4.69, 9.17) is 15.3 Å². The van der Waals surface area contributed by atoms with E-state index in [1.54, 1.807) is 6.07 Å². The summed E-state index contributed by atoms with van der Waals surface area (Å²) in [7, 11) is 0. The fraction of sp³-hybridized carbons (Fsp3) is 0.400. The average molecular weight is 241 g/mol. The molecule has 0 aliphatic rings. The zero-order valence-electron chi connectivity index (χ0n) is 9.51. The number of nitrogen functional groups attached to an aromatic ring is 1. The highest BCUT2D eigenvalue weighted by Crippen LogP contribution is 2.33. The van der Waals surface area contributed by atoms with Crippen molar-refractivity contribution >= 4 is 11.4 Å². The average Bonchev–Trinajstić information content (AvgIpc) is 2.33. The Hall–Kier alpha value is -1.86. The van der Waals surface area contributed by atoms with Crippen LogP contribution in [0.3, 0.4) is 0 Å². The van der Waals surface area contributed by atoms with Crippen molar-refractivity contribution in [1.82, 2.24) is 0 Å². The fourth-order valence-corrected chi connectivity index (χ4v) is 1.30. The third kappa shape index (κ3) is 3.58. The molecule has 0 amide bonds. The van der Waals surface area contributed by atoms with Crippen molar-refractivity contribution in [2.45, 2.75) is 6.92 Å². The second kappa shape index (κ2) is 6.66. The van der Waals surface area contributed by atoms with Crippen LogP contribution in [0.25, 0.3) is 0 Å². The van der Waals surface area contributed by atoms with Crippen molar-refractivity contribution in [3.8, 4) is 5.75 Å². The number of nitrogens with two attached hydrogens (primary N) is 1. The van der Waals surface area contributed by atoms with Gasteiger partial charge in [0.05, 0.1) is 11.5 Å². The SMILES string of the molecule is CCOCCOc1cccc(NN)c1[N+](=O)[O-]. The summed E-state index contributed by atoms with van der Waals surface area (Å²) in [5.74, 6) is 5.37. The van der Waals surface area contributed by atoms with Crippen molar-refractivity contribution in [1.29, 1.82) is 0 Å². The van der Waals surface area contributed by atoms with Crippen LogP contribution < -0.4 is 16.0 Å². The number of hydrogen-bond donors (Lipinski definition) is 2. The number of ether oxygens (including phenoxy) is 2. The van der Waals surface area contributed by atoms with Gasteiger partial charge in [-0.2, -0.15) is 0 Å². The largest absolute Gasteiger partial charge is 0.484 e. The fourth-order valence-electron chi connectivity index (χ4n) is 1.30. The van der Waals surface area contributed by atoms with E-state index in [9.17, 15) is 10.1 Å². The van der Waals surface area contributed by atoms with Gasteiger partial charge in [-0.05, 0) is 19.1 Å². The maximum absolute atomic E-state index is 10.9. The standard InChI is InChI=1S/C10H15N3O4/c1-2-16-6-7-17-9-5-3-4-8(12-11)10(9)13(14)15/h3-5,12H,2,6-7,11H2,1H3. The number of nitrogens with zero attached hydrogens (tertiary/aromatic N) is 1. The van der Waals surface area contributed by atoms with Gasteiger partial charge in [-0.3, -0.25) is 16.0 Å². The summed E-state index contributed by atoms with van der Waals surface area (Å²) in [6, 6.07) is 4.65. The van der Waals surface area contributed by atoms with Crippen molar-refractivity contribution in [3.63, 3.8) is 0 Å². The summed E-state index contributed by atoms with van der Waals surface area (Å²) >= 11 is 0. The van der Waals surface area contributed by atoms with Gasteiger partial charge in [0.15, 0.2) is 5.75 Å². The lowest BCUT2D eigenvalue weighted by Crippen LogP contribution is -2.11. The molecule has 0 aliphatic carbocycles. The second-order valence-corrected chi connectivity index (χ2v) is 3.10. The first-order chi connectivity index (χ1) is 8.20. The molecule has 0 spiro atoms. The molecule has 0 heterocycles. The third-order valence-electron chi connectivity index (χ3n) is 2.03. The second-order valence-electron chi connectivity index (χ2n) is 3.10. The molecule has 0 atom stereocenters. The zero-order valence-corrected chi connectivity index (χ0v) is 9.51. The lowest BCUT2D eigenvalue weighted by atomic mass is 10.2. The highest BCUT2D eigenvalue weighted by Gasteiger charge is 2.20.